The van der Waals surface area contributed by atoms with Crippen LogP contribution < -0.4 is 15.0 Å². The normalized spacial score (nSPS) is 19.2. The van der Waals surface area contributed by atoms with E-state index in [-0.39, 0.29) is 0 Å². The second-order valence-electron chi connectivity index (χ2n) is 5.26. The van der Waals surface area contributed by atoms with Crippen LogP contribution in [0.5, 0.6) is 5.75 Å². The van der Waals surface area contributed by atoms with E-state index >= 15 is 0 Å². The average molecular weight is 262 g/mol. The number of benzene rings is 1. The van der Waals surface area contributed by atoms with Crippen molar-refractivity contribution in [2.75, 3.05) is 31.6 Å². The Morgan fingerprint density at radius 3 is 2.89 bits per heavy atom. The molecular weight excluding hydrogens is 236 g/mol. The van der Waals surface area contributed by atoms with Crippen molar-refractivity contribution in [1.82, 2.24) is 5.32 Å². The van der Waals surface area contributed by atoms with E-state index in [1.54, 1.807) is 0 Å². The average Bonchev–Trinajstić information content (AvgIpc) is 2.47. The number of hydrogen-bond acceptors (Lipinski definition) is 3. The molecule has 1 N–H and O–H groups in total. The lowest BCUT2D eigenvalue weighted by Gasteiger charge is -2.27. The lowest BCUT2D eigenvalue weighted by Crippen LogP contribution is -2.36. The van der Waals surface area contributed by atoms with Gasteiger partial charge in [0.1, 0.15) is 5.75 Å². The second kappa shape index (κ2) is 7.39. The Bertz CT molecular complexity index is 375. The fourth-order valence-corrected chi connectivity index (χ4v) is 2.69. The van der Waals surface area contributed by atoms with Crippen molar-refractivity contribution in [2.45, 2.75) is 38.6 Å². The zero-order valence-electron chi connectivity index (χ0n) is 12.2. The van der Waals surface area contributed by atoms with Crippen LogP contribution in [0.2, 0.25) is 0 Å². The highest BCUT2D eigenvalue weighted by Crippen LogP contribution is 2.27. The lowest BCUT2D eigenvalue weighted by atomic mass is 10.0. The predicted octanol–water partition coefficient (Wildman–Crippen LogP) is 3.05. The van der Waals surface area contributed by atoms with Gasteiger partial charge in [-0.1, -0.05) is 18.6 Å². The third-order valence-electron chi connectivity index (χ3n) is 3.80. The molecule has 0 spiro atoms. The maximum absolute atomic E-state index is 5.69. The van der Waals surface area contributed by atoms with Crippen LogP contribution in [-0.2, 0) is 0 Å². The highest BCUT2D eigenvalue weighted by Gasteiger charge is 2.14. The Kier molecular flexibility index (Phi) is 5.52. The van der Waals surface area contributed by atoms with Crippen molar-refractivity contribution in [3.05, 3.63) is 24.3 Å². The largest absolute Gasteiger partial charge is 0.492 e. The molecule has 1 aliphatic rings. The number of ether oxygens (including phenoxy) is 1. The highest BCUT2D eigenvalue weighted by atomic mass is 16.5. The number of rotatable bonds is 6. The van der Waals surface area contributed by atoms with E-state index in [0.717, 1.165) is 18.9 Å². The maximum Gasteiger partial charge on any atom is 0.142 e. The minimum absolute atomic E-state index is 0.690. The molecule has 1 aromatic rings. The zero-order chi connectivity index (χ0) is 13.5. The van der Waals surface area contributed by atoms with Gasteiger partial charge in [-0.25, -0.2) is 0 Å². The van der Waals surface area contributed by atoms with Crippen molar-refractivity contribution in [1.29, 1.82) is 0 Å². The molecule has 0 radical (unpaired) electrons. The first kappa shape index (κ1) is 14.2. The summed E-state index contributed by atoms with van der Waals surface area (Å²) in [6.45, 7) is 5.00. The van der Waals surface area contributed by atoms with E-state index < -0.39 is 0 Å². The summed E-state index contributed by atoms with van der Waals surface area (Å²) in [6.07, 6.45) is 5.23. The highest BCUT2D eigenvalue weighted by molar-refractivity contribution is 5.57. The molecule has 1 saturated heterocycles. The molecule has 1 atom stereocenters. The van der Waals surface area contributed by atoms with Gasteiger partial charge in [-0.15, -0.1) is 0 Å². The van der Waals surface area contributed by atoms with Crippen LogP contribution >= 0.6 is 0 Å². The molecule has 1 unspecified atom stereocenters. The minimum Gasteiger partial charge on any atom is -0.492 e. The standard InChI is InChI=1S/C16H26N2O/c1-3-19-16-10-5-4-9-15(16)18(2)13-11-14-8-6-7-12-17-14/h4-5,9-10,14,17H,3,6-8,11-13H2,1-2H3. The number of nitrogens with one attached hydrogen (secondary N) is 1. The predicted molar refractivity (Wildman–Crippen MR) is 81.1 cm³/mol. The third-order valence-corrected chi connectivity index (χ3v) is 3.80. The van der Waals surface area contributed by atoms with E-state index in [9.17, 15) is 0 Å². The van der Waals surface area contributed by atoms with Gasteiger partial charge in [0.2, 0.25) is 0 Å². The van der Waals surface area contributed by atoms with Crippen LogP contribution in [0.25, 0.3) is 0 Å². The van der Waals surface area contributed by atoms with Crippen LogP contribution in [-0.4, -0.2) is 32.8 Å². The van der Waals surface area contributed by atoms with Gasteiger partial charge in [0.15, 0.2) is 0 Å². The molecule has 3 heteroatoms. The number of anilines is 1. The van der Waals surface area contributed by atoms with Gasteiger partial charge in [0.05, 0.1) is 12.3 Å². The fraction of sp³-hybridized carbons (Fsp3) is 0.625. The molecule has 0 bridgehead atoms. The number of nitrogens with zero attached hydrogens (tertiary/aromatic N) is 1. The fourth-order valence-electron chi connectivity index (χ4n) is 2.69. The number of piperidine rings is 1. The Morgan fingerprint density at radius 1 is 1.32 bits per heavy atom. The van der Waals surface area contributed by atoms with Gasteiger partial charge in [-0.2, -0.15) is 0 Å². The summed E-state index contributed by atoms with van der Waals surface area (Å²) in [5.41, 5.74) is 1.19. The van der Waals surface area contributed by atoms with Crippen molar-refractivity contribution < 1.29 is 4.74 Å². The van der Waals surface area contributed by atoms with E-state index in [0.29, 0.717) is 6.04 Å². The number of hydrogen-bond donors (Lipinski definition) is 1. The molecule has 2 rings (SSSR count). The Labute approximate surface area is 116 Å². The Balaban J connectivity index is 1.89. The molecule has 1 aromatic carbocycles. The molecule has 1 heterocycles. The molecule has 0 aliphatic carbocycles. The lowest BCUT2D eigenvalue weighted by molar-refractivity contribution is 0.340. The second-order valence-corrected chi connectivity index (χ2v) is 5.26. The maximum atomic E-state index is 5.69. The van der Waals surface area contributed by atoms with Gasteiger partial charge >= 0.3 is 0 Å². The molecule has 0 aromatic heterocycles. The van der Waals surface area contributed by atoms with Crippen LogP contribution in [0.15, 0.2) is 24.3 Å². The van der Waals surface area contributed by atoms with Gasteiger partial charge < -0.3 is 15.0 Å². The van der Waals surface area contributed by atoms with Gasteiger partial charge in [-0.3, -0.25) is 0 Å². The molecule has 0 amide bonds. The summed E-state index contributed by atoms with van der Waals surface area (Å²) in [5, 5.41) is 3.61. The van der Waals surface area contributed by atoms with Gasteiger partial charge in [0, 0.05) is 19.6 Å². The molecule has 19 heavy (non-hydrogen) atoms. The molecule has 1 aliphatic heterocycles. The Hall–Kier alpha value is -1.22. The van der Waals surface area contributed by atoms with Crippen molar-refractivity contribution in [3.63, 3.8) is 0 Å². The van der Waals surface area contributed by atoms with E-state index in [4.69, 9.17) is 4.74 Å². The smallest absolute Gasteiger partial charge is 0.142 e. The zero-order valence-corrected chi connectivity index (χ0v) is 12.2. The van der Waals surface area contributed by atoms with Crippen LogP contribution in [0.3, 0.4) is 0 Å². The van der Waals surface area contributed by atoms with E-state index in [2.05, 4.69) is 29.4 Å². The summed E-state index contributed by atoms with van der Waals surface area (Å²) in [6, 6.07) is 8.99. The van der Waals surface area contributed by atoms with Crippen molar-refractivity contribution in [2.24, 2.45) is 0 Å². The topological polar surface area (TPSA) is 24.5 Å². The van der Waals surface area contributed by atoms with Crippen molar-refractivity contribution >= 4 is 5.69 Å². The van der Waals surface area contributed by atoms with Crippen LogP contribution in [0.1, 0.15) is 32.6 Å². The molecule has 3 nitrogen and oxygen atoms in total. The SMILES string of the molecule is CCOc1ccccc1N(C)CCC1CCCCN1. The first-order chi connectivity index (χ1) is 9.31. The van der Waals surface area contributed by atoms with Gasteiger partial charge in [-0.05, 0) is 44.9 Å². The minimum atomic E-state index is 0.690. The summed E-state index contributed by atoms with van der Waals surface area (Å²) in [5.74, 6) is 0.990. The first-order valence-electron chi connectivity index (χ1n) is 7.47. The van der Waals surface area contributed by atoms with Crippen LogP contribution in [0.4, 0.5) is 5.69 Å². The molecule has 106 valence electrons. The number of para-hydroxylation sites is 2. The van der Waals surface area contributed by atoms with Gasteiger partial charge in [0.25, 0.3) is 0 Å². The summed E-state index contributed by atoms with van der Waals surface area (Å²) in [4.78, 5) is 2.31. The monoisotopic (exact) mass is 262 g/mol. The molecule has 1 fully saturated rings. The van der Waals surface area contributed by atoms with E-state index in [1.165, 1.54) is 37.9 Å². The first-order valence-corrected chi connectivity index (χ1v) is 7.47. The molecule has 0 saturated carbocycles. The summed E-state index contributed by atoms with van der Waals surface area (Å²) in [7, 11) is 2.15. The quantitative estimate of drug-likeness (QED) is 0.853. The third kappa shape index (κ3) is 4.13. The summed E-state index contributed by atoms with van der Waals surface area (Å²) < 4.78 is 5.69. The van der Waals surface area contributed by atoms with Crippen molar-refractivity contribution in [3.8, 4) is 5.75 Å². The van der Waals surface area contributed by atoms with Crippen LogP contribution in [0, 0.1) is 0 Å². The van der Waals surface area contributed by atoms with E-state index in [1.807, 2.05) is 19.1 Å². The Morgan fingerprint density at radius 2 is 2.16 bits per heavy atom. The molecular formula is C16H26N2O. The summed E-state index contributed by atoms with van der Waals surface area (Å²) >= 11 is 0.